The van der Waals surface area contributed by atoms with Crippen LogP contribution in [0.3, 0.4) is 0 Å². The molecule has 1 saturated heterocycles. The first-order chi connectivity index (χ1) is 20.3. The number of carbonyl (C=O) groups is 4. The number of quaternary nitrogens is 1. The molecule has 1 fully saturated rings. The number of para-hydroxylation sites is 2. The van der Waals surface area contributed by atoms with E-state index in [4.69, 9.17) is 4.74 Å². The van der Waals surface area contributed by atoms with Crippen molar-refractivity contribution < 1.29 is 29.0 Å². The third kappa shape index (κ3) is 5.93. The van der Waals surface area contributed by atoms with Gasteiger partial charge in [-0.3, -0.25) is 5.32 Å². The van der Waals surface area contributed by atoms with Gasteiger partial charge >= 0.3 is 24.0 Å². The number of carboxylic acid groups (broad SMARTS) is 1. The third-order valence-electron chi connectivity index (χ3n) is 7.22. The fourth-order valence-corrected chi connectivity index (χ4v) is 4.95. The summed E-state index contributed by atoms with van der Waals surface area (Å²) in [5.41, 5.74) is 3.77. The molecule has 0 saturated carbocycles. The van der Waals surface area contributed by atoms with Crippen molar-refractivity contribution in [3.8, 4) is 0 Å². The van der Waals surface area contributed by atoms with Crippen molar-refractivity contribution in [2.24, 2.45) is 0 Å². The lowest BCUT2D eigenvalue weighted by Gasteiger charge is -2.28. The van der Waals surface area contributed by atoms with Gasteiger partial charge in [0.05, 0.1) is 11.0 Å². The Balaban J connectivity index is 1.27. The van der Waals surface area contributed by atoms with Crippen LogP contribution in [0.25, 0.3) is 11.0 Å². The van der Waals surface area contributed by atoms with Crippen LogP contribution < -0.4 is 20.4 Å². The summed E-state index contributed by atoms with van der Waals surface area (Å²) < 4.78 is 4.44. The van der Waals surface area contributed by atoms with Crippen molar-refractivity contribution >= 4 is 46.7 Å². The maximum absolute atomic E-state index is 13.4. The van der Waals surface area contributed by atoms with Crippen LogP contribution in [0.2, 0.25) is 0 Å². The fourth-order valence-electron chi connectivity index (χ4n) is 4.95. The highest BCUT2D eigenvalue weighted by Crippen LogP contribution is 2.30. The van der Waals surface area contributed by atoms with E-state index >= 15 is 0 Å². The summed E-state index contributed by atoms with van der Waals surface area (Å²) in [6.45, 7) is 1.81. The van der Waals surface area contributed by atoms with Gasteiger partial charge in [0.15, 0.2) is 0 Å². The quantitative estimate of drug-likeness (QED) is 0.134. The Morgan fingerprint density at radius 3 is 2.38 bits per heavy atom. The number of urea groups is 1. The molecule has 0 aliphatic carbocycles. The molecule has 12 nitrogen and oxygen atoms in total. The average Bonchev–Trinajstić information content (AvgIpc) is 3.51. The van der Waals surface area contributed by atoms with Gasteiger partial charge in [-0.15, -0.1) is 4.48 Å². The number of H-pyrrole nitrogens is 1. The van der Waals surface area contributed by atoms with E-state index in [-0.39, 0.29) is 19.6 Å². The number of nitrogens with zero attached hydrogens (tertiary/aromatic N) is 2. The van der Waals surface area contributed by atoms with Crippen molar-refractivity contribution in [3.63, 3.8) is 0 Å². The normalized spacial score (nSPS) is 18.8. The summed E-state index contributed by atoms with van der Waals surface area (Å²) in [4.78, 5) is 58.6. The monoisotopic (exact) mass is 571 g/mol. The van der Waals surface area contributed by atoms with E-state index < -0.39 is 40.6 Å². The zero-order valence-electron chi connectivity index (χ0n) is 22.9. The summed E-state index contributed by atoms with van der Waals surface area (Å²) in [5, 5.41) is 18.0. The van der Waals surface area contributed by atoms with E-state index in [2.05, 4.69) is 25.9 Å². The zero-order valence-corrected chi connectivity index (χ0v) is 22.9. The number of hydrogen-bond donors (Lipinski definition) is 5. The molecular formula is C30H31N6O6+. The second-order valence-corrected chi connectivity index (χ2v) is 10.1. The fraction of sp³-hybridized carbons (Fsp3) is 0.233. The first-order valence-corrected chi connectivity index (χ1v) is 13.5. The first-order valence-electron chi connectivity index (χ1n) is 13.5. The van der Waals surface area contributed by atoms with Crippen LogP contribution in [-0.4, -0.2) is 57.7 Å². The van der Waals surface area contributed by atoms with E-state index in [1.165, 1.54) is 0 Å². The van der Waals surface area contributed by atoms with E-state index in [9.17, 15) is 24.3 Å². The van der Waals surface area contributed by atoms with Crippen molar-refractivity contribution in [1.29, 1.82) is 0 Å². The molecule has 2 heterocycles. The lowest BCUT2D eigenvalue weighted by molar-refractivity contribution is -0.140. The number of nitrogens with one attached hydrogen (secondary N) is 4. The summed E-state index contributed by atoms with van der Waals surface area (Å²) in [6.07, 6.45) is -1.11. The molecule has 0 radical (unpaired) electrons. The number of carbonyl (C=O) groups excluding carboxylic acids is 3. The van der Waals surface area contributed by atoms with Gasteiger partial charge in [0, 0.05) is 25.1 Å². The summed E-state index contributed by atoms with van der Waals surface area (Å²) >= 11 is 0. The number of hydrogen-bond acceptors (Lipinski definition) is 7. The topological polar surface area (TPSA) is 163 Å². The molecule has 3 unspecified atom stereocenters. The van der Waals surface area contributed by atoms with Crippen LogP contribution in [0.4, 0.5) is 21.2 Å². The van der Waals surface area contributed by atoms with Gasteiger partial charge in [0.2, 0.25) is 5.95 Å². The van der Waals surface area contributed by atoms with E-state index in [0.717, 1.165) is 22.2 Å². The van der Waals surface area contributed by atoms with Crippen LogP contribution in [-0.2, 0) is 27.5 Å². The van der Waals surface area contributed by atoms with E-state index in [0.29, 0.717) is 18.2 Å². The average molecular weight is 572 g/mol. The largest absolute Gasteiger partial charge is 0.480 e. The van der Waals surface area contributed by atoms with Gasteiger partial charge in [-0.2, -0.15) is 0 Å². The highest BCUT2D eigenvalue weighted by atomic mass is 16.5. The number of carboxylic acids is 1. The van der Waals surface area contributed by atoms with Gasteiger partial charge < -0.3 is 25.5 Å². The number of aliphatic carboxylic acids is 1. The summed E-state index contributed by atoms with van der Waals surface area (Å²) in [7, 11) is 0. The number of imidazole rings is 1. The Morgan fingerprint density at radius 2 is 1.71 bits per heavy atom. The number of aromatic nitrogens is 2. The predicted octanol–water partition coefficient (Wildman–Crippen LogP) is 3.89. The summed E-state index contributed by atoms with van der Waals surface area (Å²) in [5.74, 6) is -1.11. The van der Waals surface area contributed by atoms with Crippen molar-refractivity contribution in [3.05, 3.63) is 90.0 Å². The molecule has 3 atom stereocenters. The van der Waals surface area contributed by atoms with E-state index in [1.54, 1.807) is 55.5 Å². The molecule has 0 bridgehead atoms. The standard InChI is InChI=1S/C30H30N6O6/c1-19-26(37)36(29(40)32-19,16-15-25(27(38)39)35-30(41)42-18-21-7-3-2-4-8-21)22-13-11-20(12-14-22)17-31-28-33-23-9-5-6-10-24(23)34-28/h2-14,19,25H,15-18H2,1H3,(H4-,31,32,33,34,35,38,39,40,41)/p+1. The number of rotatable bonds is 11. The minimum absolute atomic E-state index is 0.0328. The Hall–Kier alpha value is -5.23. The smallest absolute Gasteiger partial charge is 0.430 e. The van der Waals surface area contributed by atoms with Gasteiger partial charge in [0.1, 0.15) is 30.9 Å². The number of ether oxygens (including phenoxy) is 1. The third-order valence-corrected chi connectivity index (χ3v) is 7.22. The van der Waals surface area contributed by atoms with Crippen molar-refractivity contribution in [1.82, 2.24) is 25.1 Å². The summed E-state index contributed by atoms with van der Waals surface area (Å²) in [6, 6.07) is 20.9. The Morgan fingerprint density at radius 1 is 1.00 bits per heavy atom. The molecule has 5 N–H and O–H groups in total. The second kappa shape index (κ2) is 12.1. The van der Waals surface area contributed by atoms with Crippen LogP contribution in [0.1, 0.15) is 24.5 Å². The molecule has 4 aromatic rings. The molecule has 1 aromatic heterocycles. The molecule has 42 heavy (non-hydrogen) atoms. The number of benzene rings is 3. The number of amides is 4. The maximum atomic E-state index is 13.4. The van der Waals surface area contributed by atoms with E-state index in [1.807, 2.05) is 30.3 Å². The van der Waals surface area contributed by atoms with Gasteiger partial charge in [-0.25, -0.2) is 24.2 Å². The molecule has 12 heteroatoms. The Labute approximate surface area is 241 Å². The minimum Gasteiger partial charge on any atom is -0.480 e. The Kier molecular flexibility index (Phi) is 8.16. The number of aromatic amines is 1. The lowest BCUT2D eigenvalue weighted by Crippen LogP contribution is -2.57. The second-order valence-electron chi connectivity index (χ2n) is 10.1. The SMILES string of the molecule is CC1NC(=O)[N+](CCC(NC(=O)OCc2ccccc2)C(=O)O)(c2ccc(CNc3nc4ccccc4[nH]3)cc2)C1=O. The highest BCUT2D eigenvalue weighted by molar-refractivity contribution is 6.15. The van der Waals surface area contributed by atoms with Crippen molar-refractivity contribution in [2.45, 2.75) is 38.6 Å². The highest BCUT2D eigenvalue weighted by Gasteiger charge is 2.56. The van der Waals surface area contributed by atoms with Crippen LogP contribution in [0.5, 0.6) is 0 Å². The number of anilines is 1. The maximum Gasteiger partial charge on any atom is 0.430 e. The number of imide groups is 1. The van der Waals surface area contributed by atoms with Gasteiger partial charge in [-0.05, 0) is 30.2 Å². The molecular weight excluding hydrogens is 540 g/mol. The molecule has 0 spiro atoms. The minimum atomic E-state index is -1.38. The Bertz CT molecular complexity index is 1570. The van der Waals surface area contributed by atoms with Crippen LogP contribution in [0.15, 0.2) is 78.9 Å². The predicted molar refractivity (Wildman–Crippen MR) is 155 cm³/mol. The van der Waals surface area contributed by atoms with Crippen LogP contribution >= 0.6 is 0 Å². The molecule has 5 rings (SSSR count). The number of alkyl carbamates (subject to hydrolysis) is 1. The molecule has 1 aliphatic heterocycles. The van der Waals surface area contributed by atoms with Crippen LogP contribution in [0, 0.1) is 0 Å². The zero-order chi connectivity index (χ0) is 29.7. The molecule has 1 aliphatic rings. The first kappa shape index (κ1) is 28.3. The molecule has 216 valence electrons. The van der Waals surface area contributed by atoms with Gasteiger partial charge in [0.25, 0.3) is 0 Å². The van der Waals surface area contributed by atoms with Gasteiger partial charge in [-0.1, -0.05) is 54.6 Å². The van der Waals surface area contributed by atoms with Crippen molar-refractivity contribution in [2.75, 3.05) is 11.9 Å². The molecule has 4 amide bonds. The molecule has 3 aromatic carbocycles. The lowest BCUT2D eigenvalue weighted by atomic mass is 10.1. The number of fused-ring (bicyclic) bond motifs is 1.